The molecule has 1 saturated heterocycles. The lowest BCUT2D eigenvalue weighted by Gasteiger charge is -2.16. The van der Waals surface area contributed by atoms with E-state index in [9.17, 15) is 4.79 Å². The number of piperidine rings is 1. The van der Waals surface area contributed by atoms with E-state index in [4.69, 9.17) is 5.73 Å². The van der Waals surface area contributed by atoms with Gasteiger partial charge in [0, 0.05) is 13.1 Å². The van der Waals surface area contributed by atoms with Gasteiger partial charge in [-0.25, -0.2) is 0 Å². The van der Waals surface area contributed by atoms with E-state index in [-0.39, 0.29) is 5.97 Å². The maximum Gasteiger partial charge on any atom is 0.319 e. The van der Waals surface area contributed by atoms with E-state index >= 15 is 0 Å². The van der Waals surface area contributed by atoms with Crippen molar-refractivity contribution in [3.05, 3.63) is 0 Å². The van der Waals surface area contributed by atoms with Crippen LogP contribution in [0.1, 0.15) is 0 Å². The van der Waals surface area contributed by atoms with Crippen LogP contribution in [0.3, 0.4) is 0 Å². The van der Waals surface area contributed by atoms with Crippen molar-refractivity contribution in [3.8, 4) is 0 Å². The summed E-state index contributed by atoms with van der Waals surface area (Å²) < 4.78 is 4.61. The predicted octanol–water partition coefficient (Wildman–Crippen LogP) is -0.704. The first-order chi connectivity index (χ1) is 6.26. The van der Waals surface area contributed by atoms with Crippen LogP contribution in [0.5, 0.6) is 0 Å². The fourth-order valence-electron chi connectivity index (χ4n) is 2.46. The van der Waals surface area contributed by atoms with Gasteiger partial charge < -0.3 is 10.5 Å². The van der Waals surface area contributed by atoms with Gasteiger partial charge in [0.25, 0.3) is 0 Å². The van der Waals surface area contributed by atoms with Crippen LogP contribution in [0, 0.1) is 17.8 Å². The van der Waals surface area contributed by atoms with Gasteiger partial charge in [-0.3, -0.25) is 9.69 Å². The maximum absolute atomic E-state index is 11.0. The molecule has 1 heterocycles. The van der Waals surface area contributed by atoms with Gasteiger partial charge >= 0.3 is 5.97 Å². The monoisotopic (exact) mass is 184 g/mol. The van der Waals surface area contributed by atoms with E-state index in [2.05, 4.69) is 9.64 Å². The number of rotatable bonds is 3. The molecule has 74 valence electrons. The minimum Gasteiger partial charge on any atom is -0.468 e. The third-order valence-corrected chi connectivity index (χ3v) is 3.30. The van der Waals surface area contributed by atoms with Crippen molar-refractivity contribution in [2.24, 2.45) is 23.5 Å². The molecule has 0 aromatic carbocycles. The summed E-state index contributed by atoms with van der Waals surface area (Å²) in [6.45, 7) is 3.31. The zero-order valence-corrected chi connectivity index (χ0v) is 7.90. The second-order valence-electron chi connectivity index (χ2n) is 4.00. The van der Waals surface area contributed by atoms with E-state index in [1.54, 1.807) is 0 Å². The molecule has 0 bridgehead atoms. The molecule has 2 fully saturated rings. The molecule has 2 unspecified atom stereocenters. The van der Waals surface area contributed by atoms with Crippen molar-refractivity contribution in [2.75, 3.05) is 33.3 Å². The zero-order chi connectivity index (χ0) is 9.42. The summed E-state index contributed by atoms with van der Waals surface area (Å²) in [5.74, 6) is 2.11. The number of esters is 1. The molecule has 0 radical (unpaired) electrons. The number of nitrogens with zero attached hydrogens (tertiary/aromatic N) is 1. The topological polar surface area (TPSA) is 55.6 Å². The van der Waals surface area contributed by atoms with Crippen LogP contribution >= 0.6 is 0 Å². The van der Waals surface area contributed by atoms with Crippen LogP contribution in [0.4, 0.5) is 0 Å². The van der Waals surface area contributed by atoms with Crippen LogP contribution in [0.25, 0.3) is 0 Å². The number of fused-ring (bicyclic) bond motifs is 1. The molecule has 0 amide bonds. The highest BCUT2D eigenvalue weighted by Crippen LogP contribution is 2.50. The lowest BCUT2D eigenvalue weighted by molar-refractivity contribution is -0.141. The van der Waals surface area contributed by atoms with E-state index in [0.717, 1.165) is 37.4 Å². The first kappa shape index (κ1) is 8.97. The molecule has 2 aliphatic rings. The fraction of sp³-hybridized carbons (Fsp3) is 0.889. The summed E-state index contributed by atoms with van der Waals surface area (Å²) in [6, 6.07) is 0. The van der Waals surface area contributed by atoms with Crippen LogP contribution in [0.2, 0.25) is 0 Å². The summed E-state index contributed by atoms with van der Waals surface area (Å²) in [7, 11) is 1.43. The molecule has 2 rings (SSSR count). The van der Waals surface area contributed by atoms with Crippen molar-refractivity contribution in [1.82, 2.24) is 4.90 Å². The summed E-state index contributed by atoms with van der Waals surface area (Å²) in [6.07, 6.45) is 0. The smallest absolute Gasteiger partial charge is 0.319 e. The molecule has 0 spiro atoms. The van der Waals surface area contributed by atoms with E-state index < -0.39 is 0 Å². The lowest BCUT2D eigenvalue weighted by atomic mass is 10.2. The predicted molar refractivity (Wildman–Crippen MR) is 48.0 cm³/mol. The number of hydrogen-bond acceptors (Lipinski definition) is 4. The molecule has 0 aromatic rings. The molecular weight excluding hydrogens is 168 g/mol. The maximum atomic E-state index is 11.0. The normalized spacial score (nSPS) is 37.2. The molecule has 4 nitrogen and oxygen atoms in total. The van der Waals surface area contributed by atoms with Crippen LogP contribution in [-0.2, 0) is 9.53 Å². The standard InChI is InChI=1S/C9H16N2O2/c1-13-9(12)5-11-3-7-6(2-10)8(7)4-11/h6-8H,2-5,10H2,1H3. The number of ether oxygens (including phenoxy) is 1. The van der Waals surface area contributed by atoms with E-state index in [0.29, 0.717) is 6.54 Å². The number of likely N-dealkylation sites (tertiary alicyclic amines) is 1. The highest BCUT2D eigenvalue weighted by molar-refractivity contribution is 5.71. The first-order valence-electron chi connectivity index (χ1n) is 4.75. The second-order valence-corrected chi connectivity index (χ2v) is 4.00. The van der Waals surface area contributed by atoms with Crippen molar-refractivity contribution in [2.45, 2.75) is 0 Å². The molecule has 2 N–H and O–H groups in total. The molecule has 1 saturated carbocycles. The number of nitrogens with two attached hydrogens (primary N) is 1. The van der Waals surface area contributed by atoms with Gasteiger partial charge in [-0.05, 0) is 24.3 Å². The minimum atomic E-state index is -0.134. The average molecular weight is 184 g/mol. The molecule has 1 aliphatic carbocycles. The summed E-state index contributed by atoms with van der Waals surface area (Å²) >= 11 is 0. The third kappa shape index (κ3) is 1.56. The highest BCUT2D eigenvalue weighted by Gasteiger charge is 2.54. The van der Waals surface area contributed by atoms with Crippen LogP contribution in [-0.4, -0.2) is 44.2 Å². The van der Waals surface area contributed by atoms with Crippen LogP contribution in [0.15, 0.2) is 0 Å². The van der Waals surface area contributed by atoms with Gasteiger partial charge in [0.2, 0.25) is 0 Å². The Bertz CT molecular complexity index is 208. The first-order valence-corrected chi connectivity index (χ1v) is 4.75. The van der Waals surface area contributed by atoms with E-state index in [1.807, 2.05) is 0 Å². The van der Waals surface area contributed by atoms with Gasteiger partial charge in [0.1, 0.15) is 0 Å². The Morgan fingerprint density at radius 3 is 2.62 bits per heavy atom. The Hall–Kier alpha value is -0.610. The highest BCUT2D eigenvalue weighted by atomic mass is 16.5. The Morgan fingerprint density at radius 1 is 1.54 bits per heavy atom. The SMILES string of the molecule is COC(=O)CN1CC2C(CN)C2C1. The summed E-state index contributed by atoms with van der Waals surface area (Å²) in [5, 5.41) is 0. The average Bonchev–Trinajstić information content (AvgIpc) is 2.61. The second kappa shape index (κ2) is 3.27. The molecule has 2 atom stereocenters. The van der Waals surface area contributed by atoms with Crippen molar-refractivity contribution < 1.29 is 9.53 Å². The molecule has 0 aromatic heterocycles. The third-order valence-electron chi connectivity index (χ3n) is 3.30. The zero-order valence-electron chi connectivity index (χ0n) is 7.90. The van der Waals surface area contributed by atoms with Crippen molar-refractivity contribution in [3.63, 3.8) is 0 Å². The largest absolute Gasteiger partial charge is 0.468 e. The van der Waals surface area contributed by atoms with Crippen LogP contribution < -0.4 is 5.73 Å². The molecule has 13 heavy (non-hydrogen) atoms. The van der Waals surface area contributed by atoms with Gasteiger partial charge in [-0.2, -0.15) is 0 Å². The number of carbonyl (C=O) groups is 1. The fourth-order valence-corrected chi connectivity index (χ4v) is 2.46. The molecule has 4 heteroatoms. The number of hydrogen-bond donors (Lipinski definition) is 1. The molecule has 1 aliphatic heterocycles. The quantitative estimate of drug-likeness (QED) is 0.589. The van der Waals surface area contributed by atoms with Gasteiger partial charge in [-0.15, -0.1) is 0 Å². The van der Waals surface area contributed by atoms with Gasteiger partial charge in [-0.1, -0.05) is 0 Å². The molecular formula is C9H16N2O2. The minimum absolute atomic E-state index is 0.134. The lowest BCUT2D eigenvalue weighted by Crippen LogP contribution is -2.31. The van der Waals surface area contributed by atoms with Gasteiger partial charge in [0.15, 0.2) is 0 Å². The van der Waals surface area contributed by atoms with Gasteiger partial charge in [0.05, 0.1) is 13.7 Å². The number of carbonyl (C=O) groups excluding carboxylic acids is 1. The van der Waals surface area contributed by atoms with E-state index in [1.165, 1.54) is 7.11 Å². The Morgan fingerprint density at radius 2 is 2.15 bits per heavy atom. The van der Waals surface area contributed by atoms with Crippen molar-refractivity contribution in [1.29, 1.82) is 0 Å². The summed E-state index contributed by atoms with van der Waals surface area (Å²) in [5.41, 5.74) is 5.59. The van der Waals surface area contributed by atoms with Crippen molar-refractivity contribution >= 4 is 5.97 Å². The Labute approximate surface area is 78.0 Å². The number of methoxy groups -OCH3 is 1. The Kier molecular flexibility index (Phi) is 2.26. The summed E-state index contributed by atoms with van der Waals surface area (Å²) in [4.78, 5) is 13.1. The Balaban J connectivity index is 1.74.